The van der Waals surface area contributed by atoms with Gasteiger partial charge < -0.3 is 14.7 Å². The Balaban J connectivity index is 0.000000861. The zero-order valence-corrected chi connectivity index (χ0v) is 12.4. The van der Waals surface area contributed by atoms with Crippen LogP contribution in [0.3, 0.4) is 0 Å². The summed E-state index contributed by atoms with van der Waals surface area (Å²) in [4.78, 5) is 2.40. The third kappa shape index (κ3) is 5.21. The lowest BCUT2D eigenvalue weighted by atomic mass is 10.1. The highest BCUT2D eigenvalue weighted by Gasteiger charge is 2.19. The van der Waals surface area contributed by atoms with E-state index in [1.165, 1.54) is 11.3 Å². The summed E-state index contributed by atoms with van der Waals surface area (Å²) >= 11 is 0. The topological polar surface area (TPSA) is 32.7 Å². The van der Waals surface area contributed by atoms with Gasteiger partial charge in [0.25, 0.3) is 0 Å². The van der Waals surface area contributed by atoms with Crippen molar-refractivity contribution in [2.75, 3.05) is 31.2 Å². The summed E-state index contributed by atoms with van der Waals surface area (Å²) < 4.78 is 5.56. The van der Waals surface area contributed by atoms with Gasteiger partial charge in [-0.1, -0.05) is 31.5 Å². The summed E-state index contributed by atoms with van der Waals surface area (Å²) in [5.74, 6) is 0. The number of aliphatic hydroxyl groups excluding tert-OH is 1. The molecule has 1 fully saturated rings. The predicted molar refractivity (Wildman–Crippen MR) is 80.8 cm³/mol. The number of ether oxygens (including phenoxy) is 1. The Morgan fingerprint density at radius 1 is 1.16 bits per heavy atom. The minimum absolute atomic E-state index is 0.123. The van der Waals surface area contributed by atoms with E-state index in [9.17, 15) is 0 Å². The van der Waals surface area contributed by atoms with Crippen molar-refractivity contribution in [1.29, 1.82) is 0 Å². The van der Waals surface area contributed by atoms with Gasteiger partial charge in [-0.25, -0.2) is 0 Å². The van der Waals surface area contributed by atoms with Crippen molar-refractivity contribution in [3.05, 3.63) is 29.8 Å². The molecule has 1 saturated heterocycles. The van der Waals surface area contributed by atoms with Crippen molar-refractivity contribution >= 4 is 5.69 Å². The molecule has 0 unspecified atom stereocenters. The van der Waals surface area contributed by atoms with E-state index >= 15 is 0 Å². The lowest BCUT2D eigenvalue weighted by Crippen LogP contribution is -2.37. The van der Waals surface area contributed by atoms with Gasteiger partial charge in [-0.2, -0.15) is 0 Å². The van der Waals surface area contributed by atoms with Gasteiger partial charge in [0.2, 0.25) is 0 Å². The molecular formula is C16H27NO2. The molecule has 19 heavy (non-hydrogen) atoms. The van der Waals surface area contributed by atoms with Crippen LogP contribution in [0.4, 0.5) is 5.69 Å². The number of hydrogen-bond acceptors (Lipinski definition) is 3. The van der Waals surface area contributed by atoms with Crippen LogP contribution in [0.2, 0.25) is 0 Å². The van der Waals surface area contributed by atoms with Crippen LogP contribution < -0.4 is 4.90 Å². The largest absolute Gasteiger partial charge is 0.394 e. The van der Waals surface area contributed by atoms with Crippen molar-refractivity contribution in [1.82, 2.24) is 0 Å². The molecule has 0 aliphatic carbocycles. The maximum absolute atomic E-state index is 8.72. The van der Waals surface area contributed by atoms with Gasteiger partial charge >= 0.3 is 0 Å². The van der Waals surface area contributed by atoms with E-state index in [4.69, 9.17) is 9.84 Å². The van der Waals surface area contributed by atoms with Crippen molar-refractivity contribution in [3.8, 4) is 0 Å². The summed E-state index contributed by atoms with van der Waals surface area (Å²) in [5.41, 5.74) is 2.60. The maximum Gasteiger partial charge on any atom is 0.0701 e. The molecule has 108 valence electrons. The molecule has 1 aromatic carbocycles. The molecular weight excluding hydrogens is 238 g/mol. The van der Waals surface area contributed by atoms with Gasteiger partial charge in [0.05, 0.1) is 19.3 Å². The predicted octanol–water partition coefficient (Wildman–Crippen LogP) is 3.00. The van der Waals surface area contributed by atoms with Gasteiger partial charge in [-0.15, -0.1) is 0 Å². The average Bonchev–Trinajstić information content (AvgIpc) is 2.49. The van der Waals surface area contributed by atoms with Crippen LogP contribution in [-0.2, 0) is 4.74 Å². The van der Waals surface area contributed by atoms with E-state index < -0.39 is 0 Å². The molecule has 0 spiro atoms. The second-order valence-corrected chi connectivity index (χ2v) is 4.62. The Kier molecular flexibility index (Phi) is 7.53. The molecule has 3 nitrogen and oxygen atoms in total. The average molecular weight is 265 g/mol. The number of rotatable bonds is 4. The summed E-state index contributed by atoms with van der Waals surface area (Å²) in [6, 6.07) is 8.68. The van der Waals surface area contributed by atoms with E-state index in [0.29, 0.717) is 12.7 Å². The second kappa shape index (κ2) is 8.94. The third-order valence-electron chi connectivity index (χ3n) is 3.29. The highest BCUT2D eigenvalue weighted by Crippen LogP contribution is 2.21. The fraction of sp³-hybridized carbons (Fsp3) is 0.625. The van der Waals surface area contributed by atoms with Crippen molar-refractivity contribution < 1.29 is 9.84 Å². The SMILES string of the molecule is CC.Cc1ccc(N2CCC(OCCO)CC2)cc1. The monoisotopic (exact) mass is 265 g/mol. The first-order valence-corrected chi connectivity index (χ1v) is 7.33. The van der Waals surface area contributed by atoms with E-state index in [2.05, 4.69) is 36.1 Å². The minimum atomic E-state index is 0.123. The first kappa shape index (κ1) is 16.0. The molecule has 0 amide bonds. The van der Waals surface area contributed by atoms with E-state index in [1.54, 1.807) is 0 Å². The van der Waals surface area contributed by atoms with Crippen LogP contribution in [0.1, 0.15) is 32.3 Å². The number of aryl methyl sites for hydroxylation is 1. The van der Waals surface area contributed by atoms with Crippen LogP contribution in [0, 0.1) is 6.92 Å². The fourth-order valence-corrected chi connectivity index (χ4v) is 2.26. The quantitative estimate of drug-likeness (QED) is 0.908. The number of benzene rings is 1. The lowest BCUT2D eigenvalue weighted by molar-refractivity contribution is 0.0159. The zero-order valence-electron chi connectivity index (χ0n) is 12.4. The van der Waals surface area contributed by atoms with Crippen LogP contribution in [-0.4, -0.2) is 37.5 Å². The van der Waals surface area contributed by atoms with Gasteiger partial charge in [-0.05, 0) is 31.9 Å². The van der Waals surface area contributed by atoms with Crippen molar-refractivity contribution in [2.24, 2.45) is 0 Å². The van der Waals surface area contributed by atoms with Crippen molar-refractivity contribution in [2.45, 2.75) is 39.7 Å². The zero-order chi connectivity index (χ0) is 14.1. The normalized spacial score (nSPS) is 15.9. The minimum Gasteiger partial charge on any atom is -0.394 e. The molecule has 0 saturated carbocycles. The van der Waals surface area contributed by atoms with Crippen LogP contribution >= 0.6 is 0 Å². The maximum atomic E-state index is 8.72. The van der Waals surface area contributed by atoms with E-state index in [-0.39, 0.29) is 6.61 Å². The van der Waals surface area contributed by atoms with Gasteiger partial charge in [0.1, 0.15) is 0 Å². The van der Waals surface area contributed by atoms with E-state index in [1.807, 2.05) is 13.8 Å². The highest BCUT2D eigenvalue weighted by atomic mass is 16.5. The number of piperidine rings is 1. The summed E-state index contributed by atoms with van der Waals surface area (Å²) in [6.07, 6.45) is 2.42. The number of aliphatic hydroxyl groups is 1. The molecule has 0 aromatic heterocycles. The smallest absolute Gasteiger partial charge is 0.0701 e. The first-order chi connectivity index (χ1) is 9.29. The Labute approximate surface area is 117 Å². The van der Waals surface area contributed by atoms with Gasteiger partial charge in [-0.3, -0.25) is 0 Å². The first-order valence-electron chi connectivity index (χ1n) is 7.33. The lowest BCUT2D eigenvalue weighted by Gasteiger charge is -2.33. The Hall–Kier alpha value is -1.06. The summed E-state index contributed by atoms with van der Waals surface area (Å²) in [6.45, 7) is 8.78. The summed E-state index contributed by atoms with van der Waals surface area (Å²) in [7, 11) is 0. The molecule has 1 aliphatic rings. The molecule has 0 bridgehead atoms. The molecule has 0 atom stereocenters. The van der Waals surface area contributed by atoms with Crippen LogP contribution in [0.15, 0.2) is 24.3 Å². The highest BCUT2D eigenvalue weighted by molar-refractivity contribution is 5.47. The molecule has 0 radical (unpaired) electrons. The molecule has 1 heterocycles. The molecule has 2 rings (SSSR count). The second-order valence-electron chi connectivity index (χ2n) is 4.62. The molecule has 3 heteroatoms. The third-order valence-corrected chi connectivity index (χ3v) is 3.29. The van der Waals surface area contributed by atoms with Crippen LogP contribution in [0.5, 0.6) is 0 Å². The van der Waals surface area contributed by atoms with Gasteiger partial charge in [0.15, 0.2) is 0 Å². The Morgan fingerprint density at radius 2 is 1.74 bits per heavy atom. The Morgan fingerprint density at radius 3 is 2.26 bits per heavy atom. The van der Waals surface area contributed by atoms with Gasteiger partial charge in [0, 0.05) is 18.8 Å². The van der Waals surface area contributed by atoms with Crippen LogP contribution in [0.25, 0.3) is 0 Å². The molecule has 1 N–H and O–H groups in total. The molecule has 1 aliphatic heterocycles. The van der Waals surface area contributed by atoms with E-state index in [0.717, 1.165) is 25.9 Å². The number of anilines is 1. The standard InChI is InChI=1S/C14H21NO2.C2H6/c1-12-2-4-13(5-3-12)15-8-6-14(7-9-15)17-11-10-16;1-2/h2-5,14,16H,6-11H2,1H3;1-2H3. The fourth-order valence-electron chi connectivity index (χ4n) is 2.26. The molecule has 1 aromatic rings. The van der Waals surface area contributed by atoms with Crippen molar-refractivity contribution in [3.63, 3.8) is 0 Å². The summed E-state index contributed by atoms with van der Waals surface area (Å²) in [5, 5.41) is 8.72. The number of hydrogen-bond donors (Lipinski definition) is 1. The number of nitrogens with zero attached hydrogens (tertiary/aromatic N) is 1. The Bertz CT molecular complexity index is 329.